The van der Waals surface area contributed by atoms with Gasteiger partial charge in [0.05, 0.1) is 12.7 Å². The van der Waals surface area contributed by atoms with E-state index in [1.807, 2.05) is 6.07 Å². The van der Waals surface area contributed by atoms with Crippen LogP contribution in [0.1, 0.15) is 17.7 Å². The van der Waals surface area contributed by atoms with Crippen molar-refractivity contribution in [3.63, 3.8) is 0 Å². The second-order valence-electron chi connectivity index (χ2n) is 5.98. The third-order valence-electron chi connectivity index (χ3n) is 3.87. The number of aromatic nitrogens is 2. The van der Waals surface area contributed by atoms with Crippen LogP contribution in [0.2, 0.25) is 0 Å². The van der Waals surface area contributed by atoms with E-state index in [-0.39, 0.29) is 25.2 Å². The van der Waals surface area contributed by atoms with Gasteiger partial charge in [0.2, 0.25) is 11.8 Å². The lowest BCUT2D eigenvalue weighted by atomic mass is 10.1. The molecule has 1 aromatic heterocycles. The Bertz CT molecular complexity index is 752. The van der Waals surface area contributed by atoms with E-state index in [4.69, 9.17) is 0 Å². The lowest BCUT2D eigenvalue weighted by molar-refractivity contribution is -0.142. The van der Waals surface area contributed by atoms with Gasteiger partial charge in [0.1, 0.15) is 12.1 Å². The fourth-order valence-electron chi connectivity index (χ4n) is 2.52. The Kier molecular flexibility index (Phi) is 7.87. The molecule has 0 bridgehead atoms. The summed E-state index contributed by atoms with van der Waals surface area (Å²) in [6, 6.07) is 7.06. The Morgan fingerprint density at radius 3 is 2.48 bits per heavy atom. The van der Waals surface area contributed by atoms with Crippen LogP contribution in [0.15, 0.2) is 42.9 Å². The second kappa shape index (κ2) is 10.4. The Morgan fingerprint density at radius 2 is 1.89 bits per heavy atom. The average molecular weight is 390 g/mol. The summed E-state index contributed by atoms with van der Waals surface area (Å²) in [5.74, 6) is -1.69. The monoisotopic (exact) mass is 390 g/mol. The van der Waals surface area contributed by atoms with Crippen LogP contribution in [-0.2, 0) is 27.2 Å². The number of hydrogen-bond donors (Lipinski definition) is 5. The number of thiol groups is 1. The van der Waals surface area contributed by atoms with Gasteiger partial charge >= 0.3 is 5.97 Å². The molecule has 1 heterocycles. The molecule has 0 aliphatic rings. The Morgan fingerprint density at radius 1 is 1.15 bits per heavy atom. The van der Waals surface area contributed by atoms with Gasteiger partial charge < -0.3 is 20.7 Å². The van der Waals surface area contributed by atoms with Crippen molar-refractivity contribution >= 4 is 30.4 Å². The molecule has 8 nitrogen and oxygen atoms in total. The van der Waals surface area contributed by atoms with E-state index in [0.717, 1.165) is 5.56 Å². The summed E-state index contributed by atoms with van der Waals surface area (Å²) in [7, 11) is 0. The number of carbonyl (C=O) groups excluding carboxylic acids is 2. The van der Waals surface area contributed by atoms with E-state index in [1.165, 1.54) is 12.5 Å². The first kappa shape index (κ1) is 20.5. The number of hydrogen-bond acceptors (Lipinski definition) is 5. The topological polar surface area (TPSA) is 124 Å². The minimum atomic E-state index is -1.14. The lowest BCUT2D eigenvalue weighted by Gasteiger charge is -2.21. The van der Waals surface area contributed by atoms with Crippen molar-refractivity contribution in [3.8, 4) is 0 Å². The highest BCUT2D eigenvalue weighted by Crippen LogP contribution is 2.05. The fourth-order valence-corrected chi connectivity index (χ4v) is 2.78. The number of aromatic amines is 1. The maximum Gasteiger partial charge on any atom is 0.326 e. The molecule has 0 spiro atoms. The summed E-state index contributed by atoms with van der Waals surface area (Å²) < 4.78 is 0. The quantitative estimate of drug-likeness (QED) is 0.380. The van der Waals surface area contributed by atoms with Gasteiger partial charge in [-0.15, -0.1) is 0 Å². The number of carboxylic acid groups (broad SMARTS) is 1. The van der Waals surface area contributed by atoms with Gasteiger partial charge in [0.15, 0.2) is 0 Å². The van der Waals surface area contributed by atoms with Crippen LogP contribution in [0.25, 0.3) is 0 Å². The minimum absolute atomic E-state index is 0.0444. The zero-order chi connectivity index (χ0) is 19.6. The van der Waals surface area contributed by atoms with Crippen molar-refractivity contribution in [2.45, 2.75) is 31.3 Å². The summed E-state index contributed by atoms with van der Waals surface area (Å²) in [6.45, 7) is 0. The van der Waals surface area contributed by atoms with Crippen LogP contribution in [0.4, 0.5) is 0 Å². The molecule has 9 heteroatoms. The van der Waals surface area contributed by atoms with E-state index in [9.17, 15) is 19.5 Å². The smallest absolute Gasteiger partial charge is 0.326 e. The van der Waals surface area contributed by atoms with E-state index in [2.05, 4.69) is 33.2 Å². The van der Waals surface area contributed by atoms with Crippen LogP contribution >= 0.6 is 12.6 Å². The molecule has 0 aliphatic heterocycles. The molecule has 144 valence electrons. The Labute approximate surface area is 162 Å². The van der Waals surface area contributed by atoms with Gasteiger partial charge in [-0.1, -0.05) is 30.3 Å². The molecule has 27 heavy (non-hydrogen) atoms. The fraction of sp³-hybridized carbons (Fsp3) is 0.333. The molecule has 4 N–H and O–H groups in total. The maximum atomic E-state index is 12.5. The van der Waals surface area contributed by atoms with Crippen molar-refractivity contribution in [3.05, 3.63) is 54.1 Å². The molecule has 0 saturated heterocycles. The number of amides is 2. The van der Waals surface area contributed by atoms with Gasteiger partial charge in [-0.3, -0.25) is 9.59 Å². The van der Waals surface area contributed by atoms with Crippen LogP contribution in [-0.4, -0.2) is 50.7 Å². The van der Waals surface area contributed by atoms with Gasteiger partial charge in [-0.05, 0) is 17.7 Å². The summed E-state index contributed by atoms with van der Waals surface area (Å²) >= 11 is 4.11. The van der Waals surface area contributed by atoms with E-state index >= 15 is 0 Å². The van der Waals surface area contributed by atoms with Gasteiger partial charge in [0.25, 0.3) is 0 Å². The molecule has 2 rings (SSSR count). The molecule has 2 aromatic rings. The summed E-state index contributed by atoms with van der Waals surface area (Å²) in [5, 5.41) is 14.6. The van der Waals surface area contributed by atoms with Crippen LogP contribution in [0.3, 0.4) is 0 Å². The highest BCUT2D eigenvalue weighted by atomic mass is 32.1. The highest BCUT2D eigenvalue weighted by molar-refractivity contribution is 7.80. The van der Waals surface area contributed by atoms with Gasteiger partial charge in [-0.25, -0.2) is 9.78 Å². The molecule has 2 amide bonds. The Hall–Kier alpha value is -2.81. The number of imidazole rings is 1. The largest absolute Gasteiger partial charge is 0.480 e. The first-order valence-electron chi connectivity index (χ1n) is 8.44. The zero-order valence-electron chi connectivity index (χ0n) is 14.6. The van der Waals surface area contributed by atoms with Gasteiger partial charge in [-0.2, -0.15) is 12.6 Å². The second-order valence-corrected chi connectivity index (χ2v) is 6.42. The molecule has 0 fully saturated rings. The number of nitrogens with one attached hydrogen (secondary N) is 3. The number of aliphatic carboxylic acids is 1. The number of carbonyl (C=O) groups is 3. The summed E-state index contributed by atoms with van der Waals surface area (Å²) in [4.78, 5) is 42.8. The van der Waals surface area contributed by atoms with Crippen molar-refractivity contribution in [1.29, 1.82) is 0 Å². The van der Waals surface area contributed by atoms with Crippen LogP contribution in [0.5, 0.6) is 0 Å². The van der Waals surface area contributed by atoms with E-state index < -0.39 is 24.0 Å². The van der Waals surface area contributed by atoms with Crippen molar-refractivity contribution in [1.82, 2.24) is 20.6 Å². The van der Waals surface area contributed by atoms with E-state index in [0.29, 0.717) is 11.4 Å². The lowest BCUT2D eigenvalue weighted by Crippen LogP contribution is -2.52. The average Bonchev–Trinajstić information content (AvgIpc) is 3.14. The third kappa shape index (κ3) is 6.78. The molecule has 1 unspecified atom stereocenters. The summed E-state index contributed by atoms with van der Waals surface area (Å²) in [6.07, 6.45) is 3.46. The van der Waals surface area contributed by atoms with Crippen molar-refractivity contribution < 1.29 is 19.5 Å². The minimum Gasteiger partial charge on any atom is -0.480 e. The number of H-pyrrole nitrogens is 1. The Balaban J connectivity index is 1.98. The third-order valence-corrected chi connectivity index (χ3v) is 4.13. The number of nitrogens with zero attached hydrogens (tertiary/aromatic N) is 1. The summed E-state index contributed by atoms with van der Waals surface area (Å²) in [5.41, 5.74) is 1.41. The van der Waals surface area contributed by atoms with Gasteiger partial charge in [0, 0.05) is 18.3 Å². The molecule has 0 aliphatic carbocycles. The maximum absolute atomic E-state index is 12.5. The molecule has 1 aromatic carbocycles. The van der Waals surface area contributed by atoms with E-state index in [1.54, 1.807) is 24.3 Å². The molecule has 0 saturated carbocycles. The first-order valence-corrected chi connectivity index (χ1v) is 9.07. The normalized spacial score (nSPS) is 12.8. The highest BCUT2D eigenvalue weighted by Gasteiger charge is 2.26. The molecule has 2 atom stereocenters. The molecular formula is C18H22N4O4S. The molecule has 0 radical (unpaired) electrons. The van der Waals surface area contributed by atoms with Crippen molar-refractivity contribution in [2.24, 2.45) is 0 Å². The predicted octanol–water partition coefficient (Wildman–Crippen LogP) is 0.569. The predicted molar refractivity (Wildman–Crippen MR) is 102 cm³/mol. The zero-order valence-corrected chi connectivity index (χ0v) is 15.5. The number of rotatable bonds is 10. The SMILES string of the molecule is O=C(Cc1cnc[nH]1)NC(CCS)C(=O)N[C@H](Cc1ccccc1)C(=O)O. The molecular weight excluding hydrogens is 368 g/mol. The number of carboxylic acids is 1. The van der Waals surface area contributed by atoms with Crippen molar-refractivity contribution in [2.75, 3.05) is 5.75 Å². The first-order chi connectivity index (χ1) is 13.0. The number of benzene rings is 1. The van der Waals surface area contributed by atoms with Crippen LogP contribution in [0, 0.1) is 0 Å². The standard InChI is InChI=1S/C18H22N4O4S/c23-16(9-13-10-19-11-20-13)21-14(6-7-27)17(24)22-15(18(25)26)8-12-4-2-1-3-5-12/h1-5,10-11,14-15,27H,6-9H2,(H,19,20)(H,21,23)(H,22,24)(H,25,26)/t14?,15-/m1/s1. The van der Waals surface area contributed by atoms with Crippen LogP contribution < -0.4 is 10.6 Å².